The lowest BCUT2D eigenvalue weighted by atomic mass is 9.72. The first-order chi connectivity index (χ1) is 9.36. The summed E-state index contributed by atoms with van der Waals surface area (Å²) >= 11 is 0. The van der Waals surface area contributed by atoms with E-state index in [1.807, 2.05) is 0 Å². The third-order valence-electron chi connectivity index (χ3n) is 5.55. The van der Waals surface area contributed by atoms with Crippen LogP contribution in [0.1, 0.15) is 59.8 Å². The quantitative estimate of drug-likeness (QED) is 0.817. The average Bonchev–Trinajstić information content (AvgIpc) is 2.32. The first-order valence-electron chi connectivity index (χ1n) is 8.42. The highest BCUT2D eigenvalue weighted by Crippen LogP contribution is 2.34. The molecule has 0 aliphatic heterocycles. The fourth-order valence-electron chi connectivity index (χ4n) is 4.42. The fraction of sp³-hybridized carbons (Fsp3) is 0.941. The lowest BCUT2D eigenvalue weighted by molar-refractivity contribution is -0.129. The lowest BCUT2D eigenvalue weighted by Crippen LogP contribution is -2.48. The Morgan fingerprint density at radius 3 is 2.10 bits per heavy atom. The van der Waals surface area contributed by atoms with E-state index in [-0.39, 0.29) is 17.9 Å². The summed E-state index contributed by atoms with van der Waals surface area (Å²) in [5.41, 5.74) is 6.17. The molecule has 2 fully saturated rings. The van der Waals surface area contributed by atoms with Gasteiger partial charge in [-0.05, 0) is 55.8 Å². The first-order valence-corrected chi connectivity index (χ1v) is 8.42. The summed E-state index contributed by atoms with van der Waals surface area (Å²) in [6.07, 6.45) is 5.51. The molecule has 2 aliphatic rings. The SMILES string of the molecule is CC1CC(C)CC(NC(=O)C2CC(N)C(C)CC2C)C1. The molecule has 116 valence electrons. The number of nitrogens with two attached hydrogens (primary N) is 1. The van der Waals surface area contributed by atoms with Gasteiger partial charge < -0.3 is 11.1 Å². The van der Waals surface area contributed by atoms with E-state index in [1.165, 1.54) is 6.42 Å². The molecule has 2 rings (SSSR count). The van der Waals surface area contributed by atoms with E-state index in [1.54, 1.807) is 0 Å². The van der Waals surface area contributed by atoms with Gasteiger partial charge in [0.15, 0.2) is 0 Å². The van der Waals surface area contributed by atoms with Crippen LogP contribution in [0.25, 0.3) is 0 Å². The molecule has 2 aliphatic carbocycles. The van der Waals surface area contributed by atoms with Crippen molar-refractivity contribution in [3.8, 4) is 0 Å². The van der Waals surface area contributed by atoms with Crippen molar-refractivity contribution in [2.45, 2.75) is 71.9 Å². The van der Waals surface area contributed by atoms with Crippen molar-refractivity contribution >= 4 is 5.91 Å². The maximum atomic E-state index is 12.6. The van der Waals surface area contributed by atoms with Gasteiger partial charge in [-0.2, -0.15) is 0 Å². The molecule has 3 N–H and O–H groups in total. The Morgan fingerprint density at radius 2 is 1.50 bits per heavy atom. The second-order valence-corrected chi connectivity index (χ2v) is 7.82. The van der Waals surface area contributed by atoms with Crippen LogP contribution in [0.3, 0.4) is 0 Å². The van der Waals surface area contributed by atoms with Crippen LogP contribution < -0.4 is 11.1 Å². The van der Waals surface area contributed by atoms with Crippen LogP contribution >= 0.6 is 0 Å². The number of carbonyl (C=O) groups excluding carboxylic acids is 1. The largest absolute Gasteiger partial charge is 0.353 e. The minimum Gasteiger partial charge on any atom is -0.353 e. The first kappa shape index (κ1) is 15.8. The molecule has 0 bridgehead atoms. The minimum atomic E-state index is 0.119. The normalized spacial score (nSPS) is 46.0. The number of hydrogen-bond acceptors (Lipinski definition) is 2. The third kappa shape index (κ3) is 3.75. The van der Waals surface area contributed by atoms with Crippen molar-refractivity contribution in [2.75, 3.05) is 0 Å². The molecular weight excluding hydrogens is 248 g/mol. The van der Waals surface area contributed by atoms with Gasteiger partial charge in [0.25, 0.3) is 0 Å². The van der Waals surface area contributed by atoms with Crippen LogP contribution in [-0.4, -0.2) is 18.0 Å². The standard InChI is InChI=1S/C17H32N2O/c1-10-5-11(2)7-14(6-10)19-17(20)15-9-16(18)13(4)8-12(15)3/h10-16H,5-9,18H2,1-4H3,(H,19,20). The van der Waals surface area contributed by atoms with E-state index in [4.69, 9.17) is 5.73 Å². The zero-order valence-electron chi connectivity index (χ0n) is 13.6. The number of rotatable bonds is 2. The summed E-state index contributed by atoms with van der Waals surface area (Å²) in [5, 5.41) is 3.32. The minimum absolute atomic E-state index is 0.119. The second kappa shape index (κ2) is 6.46. The molecule has 6 unspecified atom stereocenters. The molecule has 1 amide bonds. The predicted molar refractivity (Wildman–Crippen MR) is 83.1 cm³/mol. The number of hydrogen-bond donors (Lipinski definition) is 2. The summed E-state index contributed by atoms with van der Waals surface area (Å²) in [6, 6.07) is 0.565. The highest BCUT2D eigenvalue weighted by atomic mass is 16.2. The lowest BCUT2D eigenvalue weighted by Gasteiger charge is -2.38. The van der Waals surface area contributed by atoms with E-state index in [9.17, 15) is 4.79 Å². The van der Waals surface area contributed by atoms with Gasteiger partial charge in [-0.3, -0.25) is 4.79 Å². The van der Waals surface area contributed by atoms with E-state index in [2.05, 4.69) is 33.0 Å². The topological polar surface area (TPSA) is 55.1 Å². The average molecular weight is 280 g/mol. The molecule has 20 heavy (non-hydrogen) atoms. The zero-order chi connectivity index (χ0) is 14.9. The van der Waals surface area contributed by atoms with E-state index >= 15 is 0 Å². The third-order valence-corrected chi connectivity index (χ3v) is 5.55. The molecule has 0 aromatic carbocycles. The molecular formula is C17H32N2O. The van der Waals surface area contributed by atoms with Gasteiger partial charge in [-0.25, -0.2) is 0 Å². The van der Waals surface area contributed by atoms with Gasteiger partial charge in [0.05, 0.1) is 0 Å². The number of nitrogens with one attached hydrogen (secondary N) is 1. The van der Waals surface area contributed by atoms with Crippen LogP contribution in [0.15, 0.2) is 0 Å². The summed E-state index contributed by atoms with van der Waals surface area (Å²) in [7, 11) is 0. The summed E-state index contributed by atoms with van der Waals surface area (Å²) < 4.78 is 0. The number of amides is 1. The molecule has 3 heteroatoms. The van der Waals surface area contributed by atoms with Gasteiger partial charge in [-0.1, -0.05) is 27.7 Å². The van der Waals surface area contributed by atoms with Crippen molar-refractivity contribution in [2.24, 2.45) is 35.3 Å². The Hall–Kier alpha value is -0.570. The van der Waals surface area contributed by atoms with Gasteiger partial charge in [0.2, 0.25) is 5.91 Å². The van der Waals surface area contributed by atoms with Crippen LogP contribution in [0, 0.1) is 29.6 Å². The fourth-order valence-corrected chi connectivity index (χ4v) is 4.42. The van der Waals surface area contributed by atoms with Crippen LogP contribution in [0.4, 0.5) is 0 Å². The Balaban J connectivity index is 1.91. The molecule has 6 atom stereocenters. The maximum absolute atomic E-state index is 12.6. The van der Waals surface area contributed by atoms with Gasteiger partial charge in [0, 0.05) is 18.0 Å². The van der Waals surface area contributed by atoms with Gasteiger partial charge in [-0.15, -0.1) is 0 Å². The van der Waals surface area contributed by atoms with Crippen molar-refractivity contribution in [3.63, 3.8) is 0 Å². The highest BCUT2D eigenvalue weighted by molar-refractivity contribution is 5.79. The van der Waals surface area contributed by atoms with Crippen molar-refractivity contribution in [3.05, 3.63) is 0 Å². The van der Waals surface area contributed by atoms with E-state index in [0.29, 0.717) is 17.9 Å². The smallest absolute Gasteiger partial charge is 0.223 e. The van der Waals surface area contributed by atoms with Crippen molar-refractivity contribution < 1.29 is 4.79 Å². The van der Waals surface area contributed by atoms with Crippen molar-refractivity contribution in [1.82, 2.24) is 5.32 Å². The highest BCUT2D eigenvalue weighted by Gasteiger charge is 2.36. The molecule has 2 saturated carbocycles. The van der Waals surface area contributed by atoms with Crippen LogP contribution in [0.2, 0.25) is 0 Å². The predicted octanol–water partition coefficient (Wildman–Crippen LogP) is 2.94. The molecule has 0 radical (unpaired) electrons. The van der Waals surface area contributed by atoms with Gasteiger partial charge >= 0.3 is 0 Å². The van der Waals surface area contributed by atoms with Crippen molar-refractivity contribution in [1.29, 1.82) is 0 Å². The van der Waals surface area contributed by atoms with Crippen LogP contribution in [-0.2, 0) is 4.79 Å². The second-order valence-electron chi connectivity index (χ2n) is 7.82. The van der Waals surface area contributed by atoms with Crippen LogP contribution in [0.5, 0.6) is 0 Å². The Morgan fingerprint density at radius 1 is 0.900 bits per heavy atom. The molecule has 3 nitrogen and oxygen atoms in total. The molecule has 0 heterocycles. The molecule has 0 aromatic heterocycles. The van der Waals surface area contributed by atoms with Gasteiger partial charge in [0.1, 0.15) is 0 Å². The Labute approximate surface area is 124 Å². The monoisotopic (exact) mass is 280 g/mol. The summed E-state index contributed by atoms with van der Waals surface area (Å²) in [6.45, 7) is 9.02. The summed E-state index contributed by atoms with van der Waals surface area (Å²) in [4.78, 5) is 12.6. The molecule has 0 saturated heterocycles. The molecule has 0 aromatic rings. The number of carbonyl (C=O) groups is 1. The summed E-state index contributed by atoms with van der Waals surface area (Å²) in [5.74, 6) is 2.84. The Bertz CT molecular complexity index is 334. The zero-order valence-corrected chi connectivity index (χ0v) is 13.6. The molecule has 0 spiro atoms. The van der Waals surface area contributed by atoms with E-state index in [0.717, 1.165) is 37.5 Å². The maximum Gasteiger partial charge on any atom is 0.223 e. The van der Waals surface area contributed by atoms with E-state index < -0.39 is 0 Å². The Kier molecular flexibility index (Phi) is 5.11.